The van der Waals surface area contributed by atoms with Crippen molar-refractivity contribution in [3.63, 3.8) is 0 Å². The predicted molar refractivity (Wildman–Crippen MR) is 135 cm³/mol. The molecule has 0 saturated carbocycles. The van der Waals surface area contributed by atoms with Crippen LogP contribution in [0.4, 0.5) is 5.69 Å². The lowest BCUT2D eigenvalue weighted by Crippen LogP contribution is -2.31. The van der Waals surface area contributed by atoms with E-state index in [1.54, 1.807) is 19.1 Å². The highest BCUT2D eigenvalue weighted by atomic mass is 35.5. The van der Waals surface area contributed by atoms with Gasteiger partial charge in [-0.05, 0) is 63.1 Å². The Labute approximate surface area is 200 Å². The van der Waals surface area contributed by atoms with Gasteiger partial charge in [0.2, 0.25) is 5.91 Å². The number of halogens is 1. The van der Waals surface area contributed by atoms with E-state index in [4.69, 9.17) is 16.3 Å². The second-order valence-electron chi connectivity index (χ2n) is 7.76. The molecule has 1 N–H and O–H groups in total. The largest absolute Gasteiger partial charge is 0.494 e. The number of ether oxygens (including phenoxy) is 1. The fourth-order valence-corrected chi connectivity index (χ4v) is 4.85. The van der Waals surface area contributed by atoms with Crippen molar-refractivity contribution in [2.45, 2.75) is 33.7 Å². The summed E-state index contributed by atoms with van der Waals surface area (Å²) in [5.74, 6) is 0.447. The first-order chi connectivity index (χ1) is 15.8. The normalized spacial score (nSPS) is 12.0. The summed E-state index contributed by atoms with van der Waals surface area (Å²) in [5, 5.41) is 3.91. The van der Waals surface area contributed by atoms with Crippen LogP contribution < -0.4 is 15.6 Å². The Bertz CT molecular complexity index is 1390. The highest BCUT2D eigenvalue weighted by molar-refractivity contribution is 7.19. The Kier molecular flexibility index (Phi) is 6.54. The smallest absolute Gasteiger partial charge is 0.263 e. The third kappa shape index (κ3) is 4.51. The molecule has 0 radical (unpaired) electrons. The van der Waals surface area contributed by atoms with Crippen LogP contribution in [0.2, 0.25) is 5.02 Å². The molecule has 1 atom stereocenters. The molecule has 4 aromatic rings. The number of nitrogens with zero attached hydrogens (tertiary/aromatic N) is 2. The number of carbonyl (C=O) groups is 1. The lowest BCUT2D eigenvalue weighted by molar-refractivity contribution is -0.118. The quantitative estimate of drug-likeness (QED) is 0.367. The molecule has 0 fully saturated rings. The molecular formula is C25H24ClN3O3S. The second kappa shape index (κ2) is 9.37. The molecule has 0 bridgehead atoms. The van der Waals surface area contributed by atoms with Crippen molar-refractivity contribution < 1.29 is 9.53 Å². The van der Waals surface area contributed by atoms with E-state index >= 15 is 0 Å². The van der Waals surface area contributed by atoms with Crippen LogP contribution in [-0.2, 0) is 4.79 Å². The molecule has 33 heavy (non-hydrogen) atoms. The van der Waals surface area contributed by atoms with Crippen molar-refractivity contribution in [2.75, 3.05) is 11.9 Å². The number of nitrogens with one attached hydrogen (secondary N) is 1. The Hall–Kier alpha value is -3.16. The van der Waals surface area contributed by atoms with E-state index in [2.05, 4.69) is 10.3 Å². The average molecular weight is 482 g/mol. The molecule has 0 aliphatic heterocycles. The standard InChI is InChI=1S/C25H24ClN3O3S/c1-5-32-19-10-7-17(8-11-19)21-16(4)33-24-22(21)25(31)29(13-27-24)15(3)23(30)28-18-9-6-14(2)20(26)12-18/h6-13,15H,5H2,1-4H3,(H,28,30). The first kappa shape index (κ1) is 23.0. The van der Waals surface area contributed by atoms with Crippen molar-refractivity contribution in [3.8, 4) is 16.9 Å². The number of carbonyl (C=O) groups excluding carboxylic acids is 1. The van der Waals surface area contributed by atoms with Gasteiger partial charge in [0.05, 0.1) is 18.3 Å². The van der Waals surface area contributed by atoms with Gasteiger partial charge in [-0.15, -0.1) is 11.3 Å². The fraction of sp³-hybridized carbons (Fsp3) is 0.240. The van der Waals surface area contributed by atoms with Gasteiger partial charge in [0.25, 0.3) is 5.56 Å². The van der Waals surface area contributed by atoms with Crippen LogP contribution in [0.1, 0.15) is 30.3 Å². The molecule has 0 aliphatic carbocycles. The van der Waals surface area contributed by atoms with Crippen molar-refractivity contribution in [2.24, 2.45) is 0 Å². The summed E-state index contributed by atoms with van der Waals surface area (Å²) in [4.78, 5) is 32.5. The minimum absolute atomic E-state index is 0.252. The van der Waals surface area contributed by atoms with E-state index in [0.717, 1.165) is 27.3 Å². The molecular weight excluding hydrogens is 458 g/mol. The topological polar surface area (TPSA) is 73.2 Å². The van der Waals surface area contributed by atoms with Gasteiger partial charge in [0.15, 0.2) is 0 Å². The van der Waals surface area contributed by atoms with Crippen molar-refractivity contribution in [1.82, 2.24) is 9.55 Å². The zero-order valence-corrected chi connectivity index (χ0v) is 20.4. The summed E-state index contributed by atoms with van der Waals surface area (Å²) in [6, 6.07) is 12.2. The molecule has 8 heteroatoms. The monoisotopic (exact) mass is 481 g/mol. The molecule has 0 aliphatic rings. The number of aromatic nitrogens is 2. The van der Waals surface area contributed by atoms with Crippen LogP contribution in [-0.4, -0.2) is 22.1 Å². The third-order valence-corrected chi connectivity index (χ3v) is 6.92. The molecule has 1 unspecified atom stereocenters. The number of aryl methyl sites for hydroxylation is 2. The number of fused-ring (bicyclic) bond motifs is 1. The van der Waals surface area contributed by atoms with Gasteiger partial charge in [-0.25, -0.2) is 4.98 Å². The second-order valence-corrected chi connectivity index (χ2v) is 9.37. The van der Waals surface area contributed by atoms with Gasteiger partial charge in [-0.2, -0.15) is 0 Å². The number of hydrogen-bond donors (Lipinski definition) is 1. The average Bonchev–Trinajstić information content (AvgIpc) is 3.13. The Balaban J connectivity index is 1.71. The highest BCUT2D eigenvalue weighted by Crippen LogP contribution is 2.36. The summed E-state index contributed by atoms with van der Waals surface area (Å²) in [7, 11) is 0. The van der Waals surface area contributed by atoms with E-state index in [9.17, 15) is 9.59 Å². The van der Waals surface area contributed by atoms with E-state index in [-0.39, 0.29) is 11.5 Å². The van der Waals surface area contributed by atoms with E-state index < -0.39 is 6.04 Å². The molecule has 2 aromatic heterocycles. The van der Waals surface area contributed by atoms with E-state index in [1.807, 2.05) is 51.1 Å². The van der Waals surface area contributed by atoms with E-state index in [1.165, 1.54) is 22.2 Å². The molecule has 6 nitrogen and oxygen atoms in total. The minimum Gasteiger partial charge on any atom is -0.494 e. The maximum absolute atomic E-state index is 13.5. The van der Waals surface area contributed by atoms with Gasteiger partial charge < -0.3 is 10.1 Å². The van der Waals surface area contributed by atoms with Gasteiger partial charge in [-0.3, -0.25) is 14.2 Å². The summed E-state index contributed by atoms with van der Waals surface area (Å²) in [6.07, 6.45) is 1.44. The maximum atomic E-state index is 13.5. The van der Waals surface area contributed by atoms with Crippen molar-refractivity contribution >= 4 is 44.7 Å². The fourth-order valence-electron chi connectivity index (χ4n) is 3.67. The van der Waals surface area contributed by atoms with Crippen molar-refractivity contribution in [3.05, 3.63) is 74.6 Å². The minimum atomic E-state index is -0.761. The summed E-state index contributed by atoms with van der Waals surface area (Å²) in [5.41, 5.74) is 2.99. The van der Waals surface area contributed by atoms with Gasteiger partial charge >= 0.3 is 0 Å². The van der Waals surface area contributed by atoms with Crippen LogP contribution >= 0.6 is 22.9 Å². The number of amides is 1. The number of benzene rings is 2. The molecule has 0 spiro atoms. The van der Waals surface area contributed by atoms with Crippen LogP contribution in [0.15, 0.2) is 53.6 Å². The SMILES string of the molecule is CCOc1ccc(-c2c(C)sc3ncn(C(C)C(=O)Nc4ccc(C)c(Cl)c4)c(=O)c23)cc1. The van der Waals surface area contributed by atoms with Crippen LogP contribution in [0.3, 0.4) is 0 Å². The summed E-state index contributed by atoms with van der Waals surface area (Å²) in [6.45, 7) is 8.06. The number of anilines is 1. The van der Waals surface area contributed by atoms with Gasteiger partial charge in [-0.1, -0.05) is 29.8 Å². The zero-order chi connectivity index (χ0) is 23.7. The summed E-state index contributed by atoms with van der Waals surface area (Å²) < 4.78 is 6.90. The van der Waals surface area contributed by atoms with E-state index in [0.29, 0.717) is 27.5 Å². The van der Waals surface area contributed by atoms with Crippen LogP contribution in [0, 0.1) is 13.8 Å². The third-order valence-electron chi connectivity index (χ3n) is 5.50. The summed E-state index contributed by atoms with van der Waals surface area (Å²) >= 11 is 7.63. The Morgan fingerprint density at radius 2 is 1.94 bits per heavy atom. The first-order valence-corrected chi connectivity index (χ1v) is 11.8. The van der Waals surface area contributed by atoms with Gasteiger partial charge in [0.1, 0.15) is 16.6 Å². The lowest BCUT2D eigenvalue weighted by Gasteiger charge is -2.15. The number of thiophene rings is 1. The van der Waals surface area contributed by atoms with Crippen molar-refractivity contribution in [1.29, 1.82) is 0 Å². The Morgan fingerprint density at radius 1 is 1.21 bits per heavy atom. The van der Waals surface area contributed by atoms with Gasteiger partial charge in [0, 0.05) is 21.2 Å². The molecule has 2 heterocycles. The predicted octanol–water partition coefficient (Wildman–Crippen LogP) is 5.99. The molecule has 170 valence electrons. The number of rotatable bonds is 6. The first-order valence-electron chi connectivity index (χ1n) is 10.6. The number of hydrogen-bond acceptors (Lipinski definition) is 5. The maximum Gasteiger partial charge on any atom is 0.263 e. The van der Waals surface area contributed by atoms with Crippen LogP contribution in [0.5, 0.6) is 5.75 Å². The zero-order valence-electron chi connectivity index (χ0n) is 18.8. The molecule has 2 aromatic carbocycles. The molecule has 0 saturated heterocycles. The highest BCUT2D eigenvalue weighted by Gasteiger charge is 2.22. The van der Waals surface area contributed by atoms with Crippen LogP contribution in [0.25, 0.3) is 21.3 Å². The lowest BCUT2D eigenvalue weighted by atomic mass is 10.0. The molecule has 4 rings (SSSR count). The molecule has 1 amide bonds. The Morgan fingerprint density at radius 3 is 2.61 bits per heavy atom.